The van der Waals surface area contributed by atoms with E-state index < -0.39 is 11.9 Å². The molecule has 0 radical (unpaired) electrons. The van der Waals surface area contributed by atoms with Gasteiger partial charge in [0.25, 0.3) is 0 Å². The number of benzene rings is 1. The van der Waals surface area contributed by atoms with Gasteiger partial charge in [-0.05, 0) is 30.2 Å². The van der Waals surface area contributed by atoms with Gasteiger partial charge >= 0.3 is 12.0 Å². The molecule has 7 heteroatoms. The number of aliphatic carboxylic acids is 1. The summed E-state index contributed by atoms with van der Waals surface area (Å²) in [5.41, 5.74) is 3.37. The van der Waals surface area contributed by atoms with E-state index in [-0.39, 0.29) is 12.6 Å². The van der Waals surface area contributed by atoms with Gasteiger partial charge in [0.15, 0.2) is 0 Å². The van der Waals surface area contributed by atoms with Crippen LogP contribution in [0.25, 0.3) is 11.1 Å². The predicted molar refractivity (Wildman–Crippen MR) is 99.4 cm³/mol. The van der Waals surface area contributed by atoms with Crippen molar-refractivity contribution in [3.63, 3.8) is 0 Å². The van der Waals surface area contributed by atoms with Gasteiger partial charge in [-0.1, -0.05) is 19.1 Å². The molecule has 2 N–H and O–H groups in total. The van der Waals surface area contributed by atoms with Crippen LogP contribution in [0.5, 0.6) is 5.88 Å². The van der Waals surface area contributed by atoms with E-state index in [2.05, 4.69) is 10.3 Å². The third-order valence-electron chi connectivity index (χ3n) is 4.07. The van der Waals surface area contributed by atoms with Crippen molar-refractivity contribution in [1.82, 2.24) is 9.88 Å². The van der Waals surface area contributed by atoms with Crippen molar-refractivity contribution in [2.45, 2.75) is 13.8 Å². The highest BCUT2D eigenvalue weighted by Crippen LogP contribution is 2.26. The highest BCUT2D eigenvalue weighted by atomic mass is 16.5. The maximum absolute atomic E-state index is 12.3. The number of nitrogens with zero attached hydrogens (tertiary/aromatic N) is 2. The molecule has 26 heavy (non-hydrogen) atoms. The molecule has 0 aliphatic heterocycles. The molecule has 0 aliphatic rings. The Balaban J connectivity index is 2.16. The number of hydrogen-bond acceptors (Lipinski definition) is 4. The smallest absolute Gasteiger partial charge is 0.321 e. The fourth-order valence-electron chi connectivity index (χ4n) is 2.39. The number of carboxylic acid groups (broad SMARTS) is 1. The third-order valence-corrected chi connectivity index (χ3v) is 4.07. The zero-order chi connectivity index (χ0) is 19.3. The molecule has 0 fully saturated rings. The summed E-state index contributed by atoms with van der Waals surface area (Å²) in [7, 11) is 3.13. The van der Waals surface area contributed by atoms with Gasteiger partial charge in [0.05, 0.1) is 13.0 Å². The zero-order valence-electron chi connectivity index (χ0n) is 15.3. The van der Waals surface area contributed by atoms with Crippen LogP contribution in [0.3, 0.4) is 0 Å². The predicted octanol–water partition coefficient (Wildman–Crippen LogP) is 3.25. The minimum atomic E-state index is -0.935. The first-order chi connectivity index (χ1) is 12.3. The summed E-state index contributed by atoms with van der Waals surface area (Å²) in [4.78, 5) is 28.8. The number of urea groups is 1. The number of hydrogen-bond donors (Lipinski definition) is 2. The lowest BCUT2D eigenvalue weighted by molar-refractivity contribution is -0.141. The summed E-state index contributed by atoms with van der Waals surface area (Å²) in [6, 6.07) is 9.04. The van der Waals surface area contributed by atoms with Crippen molar-refractivity contribution < 1.29 is 19.4 Å². The number of aryl methyl sites for hydroxylation is 1. The second kappa shape index (κ2) is 8.33. The Morgan fingerprint density at radius 1 is 1.27 bits per heavy atom. The molecule has 0 saturated carbocycles. The van der Waals surface area contributed by atoms with Crippen LogP contribution >= 0.6 is 0 Å². The lowest BCUT2D eigenvalue weighted by Gasteiger charge is -2.21. The molecule has 138 valence electrons. The topological polar surface area (TPSA) is 91.8 Å². The van der Waals surface area contributed by atoms with Gasteiger partial charge < -0.3 is 20.1 Å². The van der Waals surface area contributed by atoms with E-state index in [0.29, 0.717) is 11.6 Å². The molecule has 1 heterocycles. The van der Waals surface area contributed by atoms with Crippen molar-refractivity contribution >= 4 is 17.7 Å². The summed E-state index contributed by atoms with van der Waals surface area (Å²) in [6.45, 7) is 3.59. The fourth-order valence-corrected chi connectivity index (χ4v) is 2.39. The number of carbonyl (C=O) groups is 2. The number of rotatable bonds is 6. The van der Waals surface area contributed by atoms with Crippen molar-refractivity contribution in [1.29, 1.82) is 0 Å². The van der Waals surface area contributed by atoms with Gasteiger partial charge in [0.2, 0.25) is 5.88 Å². The monoisotopic (exact) mass is 357 g/mol. The molecule has 0 spiro atoms. The summed E-state index contributed by atoms with van der Waals surface area (Å²) in [5.74, 6) is -1.04. The van der Waals surface area contributed by atoms with E-state index in [9.17, 15) is 9.59 Å². The number of aromatic nitrogens is 1. The summed E-state index contributed by atoms with van der Waals surface area (Å²) < 4.78 is 5.06. The Hall–Kier alpha value is -3.09. The van der Waals surface area contributed by atoms with E-state index >= 15 is 0 Å². The van der Waals surface area contributed by atoms with Crippen LogP contribution in [0.1, 0.15) is 12.5 Å². The maximum atomic E-state index is 12.3. The molecular formula is C19H23N3O4. The molecule has 1 aromatic heterocycles. The molecule has 2 amide bonds. The molecule has 0 saturated heterocycles. The van der Waals surface area contributed by atoms with Gasteiger partial charge in [-0.3, -0.25) is 4.79 Å². The molecule has 2 rings (SSSR count). The number of carboxylic acids is 1. The van der Waals surface area contributed by atoms with Crippen molar-refractivity contribution in [3.8, 4) is 17.0 Å². The van der Waals surface area contributed by atoms with E-state index in [1.54, 1.807) is 33.3 Å². The van der Waals surface area contributed by atoms with Gasteiger partial charge in [0.1, 0.15) is 0 Å². The van der Waals surface area contributed by atoms with Gasteiger partial charge in [-0.25, -0.2) is 9.78 Å². The van der Waals surface area contributed by atoms with Crippen LogP contribution in [-0.2, 0) is 4.79 Å². The quantitative estimate of drug-likeness (QED) is 0.828. The maximum Gasteiger partial charge on any atom is 0.321 e. The average molecular weight is 357 g/mol. The van der Waals surface area contributed by atoms with Gasteiger partial charge in [-0.15, -0.1) is 0 Å². The molecule has 1 unspecified atom stereocenters. The van der Waals surface area contributed by atoms with Gasteiger partial charge in [0, 0.05) is 37.1 Å². The number of methoxy groups -OCH3 is 1. The van der Waals surface area contributed by atoms with E-state index in [4.69, 9.17) is 9.84 Å². The SMILES string of the molecule is COc1ccc(-c2ccc(C)c(NC(=O)N(C)CC(C)C(=O)O)c2)cn1. The summed E-state index contributed by atoms with van der Waals surface area (Å²) in [6.07, 6.45) is 1.70. The molecule has 1 aromatic carbocycles. The second-order valence-corrected chi connectivity index (χ2v) is 6.17. The number of nitrogens with one attached hydrogen (secondary N) is 1. The van der Waals surface area contributed by atoms with Crippen LogP contribution < -0.4 is 10.1 Å². The molecule has 2 aromatic rings. The molecular weight excluding hydrogens is 334 g/mol. The van der Waals surface area contributed by atoms with Gasteiger partial charge in [-0.2, -0.15) is 0 Å². The number of carbonyl (C=O) groups excluding carboxylic acids is 1. The molecule has 0 bridgehead atoms. The first-order valence-electron chi connectivity index (χ1n) is 8.17. The second-order valence-electron chi connectivity index (χ2n) is 6.17. The number of amides is 2. The van der Waals surface area contributed by atoms with Crippen LogP contribution in [-0.4, -0.2) is 47.7 Å². The number of anilines is 1. The van der Waals surface area contributed by atoms with Crippen LogP contribution in [0, 0.1) is 12.8 Å². The summed E-state index contributed by atoms with van der Waals surface area (Å²) in [5, 5.41) is 11.8. The van der Waals surface area contributed by atoms with Crippen molar-refractivity contribution in [2.75, 3.05) is 26.0 Å². The Bertz CT molecular complexity index is 790. The van der Waals surface area contributed by atoms with Crippen molar-refractivity contribution in [2.24, 2.45) is 5.92 Å². The minimum absolute atomic E-state index is 0.127. The first kappa shape index (κ1) is 19.2. The molecule has 0 aliphatic carbocycles. The van der Waals surface area contributed by atoms with E-state index in [1.807, 2.05) is 31.2 Å². The first-order valence-corrected chi connectivity index (χ1v) is 8.17. The Kier molecular flexibility index (Phi) is 6.16. The number of pyridine rings is 1. The van der Waals surface area contributed by atoms with Crippen LogP contribution in [0.4, 0.5) is 10.5 Å². The van der Waals surface area contributed by atoms with E-state index in [1.165, 1.54) is 4.90 Å². The summed E-state index contributed by atoms with van der Waals surface area (Å²) >= 11 is 0. The molecule has 7 nitrogen and oxygen atoms in total. The van der Waals surface area contributed by atoms with Crippen LogP contribution in [0.15, 0.2) is 36.5 Å². The zero-order valence-corrected chi connectivity index (χ0v) is 15.3. The fraction of sp³-hybridized carbons (Fsp3) is 0.316. The standard InChI is InChI=1S/C19H23N3O4/c1-12-5-6-14(15-7-8-17(26-4)20-10-15)9-16(12)21-19(25)22(3)11-13(2)18(23)24/h5-10,13H,11H2,1-4H3,(H,21,25)(H,23,24). The van der Waals surface area contributed by atoms with Crippen molar-refractivity contribution in [3.05, 3.63) is 42.1 Å². The largest absolute Gasteiger partial charge is 0.481 e. The van der Waals surface area contributed by atoms with Crippen LogP contribution in [0.2, 0.25) is 0 Å². The Labute approximate surface area is 152 Å². The lowest BCUT2D eigenvalue weighted by atomic mass is 10.0. The van der Waals surface area contributed by atoms with E-state index in [0.717, 1.165) is 16.7 Å². The highest BCUT2D eigenvalue weighted by molar-refractivity contribution is 5.91. The Morgan fingerprint density at radius 3 is 2.54 bits per heavy atom. The lowest BCUT2D eigenvalue weighted by Crippen LogP contribution is -2.36. The third kappa shape index (κ3) is 4.72. The average Bonchev–Trinajstić information content (AvgIpc) is 2.63. The normalized spacial score (nSPS) is 11.5. The Morgan fingerprint density at radius 2 is 1.96 bits per heavy atom. The highest BCUT2D eigenvalue weighted by Gasteiger charge is 2.18. The minimum Gasteiger partial charge on any atom is -0.481 e. The molecule has 1 atom stereocenters. The number of ether oxygens (including phenoxy) is 1.